The lowest BCUT2D eigenvalue weighted by Crippen LogP contribution is -2.33. The Morgan fingerprint density at radius 3 is 2.91 bits per heavy atom. The van der Waals surface area contributed by atoms with Crippen LogP contribution >= 0.6 is 11.3 Å². The minimum Gasteiger partial charge on any atom is -0.464 e. The van der Waals surface area contributed by atoms with Crippen LogP contribution in [0.15, 0.2) is 22.3 Å². The van der Waals surface area contributed by atoms with E-state index >= 15 is 0 Å². The van der Waals surface area contributed by atoms with Crippen molar-refractivity contribution in [1.82, 2.24) is 14.2 Å². The zero-order chi connectivity index (χ0) is 15.9. The molecule has 0 radical (unpaired) electrons. The van der Waals surface area contributed by atoms with Crippen molar-refractivity contribution in [3.8, 4) is 0 Å². The highest BCUT2D eigenvalue weighted by molar-refractivity contribution is 7.16. The van der Waals surface area contributed by atoms with Crippen molar-refractivity contribution in [3.63, 3.8) is 0 Å². The van der Waals surface area contributed by atoms with E-state index in [1.54, 1.807) is 25.2 Å². The number of rotatable bonds is 4. The molecule has 0 aliphatic heterocycles. The van der Waals surface area contributed by atoms with E-state index < -0.39 is 12.0 Å². The molecule has 0 aliphatic rings. The van der Waals surface area contributed by atoms with Gasteiger partial charge in [-0.05, 0) is 31.4 Å². The van der Waals surface area contributed by atoms with Gasteiger partial charge in [-0.3, -0.25) is 9.20 Å². The number of esters is 1. The SMILES string of the molecule is CCOC(=O)C(C)n1nc(CC)n2c(cc3ccsc32)c1=O. The van der Waals surface area contributed by atoms with E-state index in [0.717, 1.165) is 16.0 Å². The number of fused-ring (bicyclic) bond motifs is 3. The highest BCUT2D eigenvalue weighted by atomic mass is 32.1. The molecule has 3 rings (SSSR count). The Balaban J connectivity index is 2.26. The quantitative estimate of drug-likeness (QED) is 0.693. The number of thiophene rings is 1. The molecule has 3 aromatic rings. The molecule has 0 spiro atoms. The van der Waals surface area contributed by atoms with Gasteiger partial charge in [-0.15, -0.1) is 11.3 Å². The van der Waals surface area contributed by atoms with E-state index in [0.29, 0.717) is 11.9 Å². The van der Waals surface area contributed by atoms with Gasteiger partial charge in [0.05, 0.1) is 6.61 Å². The van der Waals surface area contributed by atoms with Gasteiger partial charge in [0.1, 0.15) is 16.2 Å². The van der Waals surface area contributed by atoms with Gasteiger partial charge < -0.3 is 4.74 Å². The van der Waals surface area contributed by atoms with E-state index in [-0.39, 0.29) is 12.2 Å². The first-order valence-electron chi connectivity index (χ1n) is 7.25. The van der Waals surface area contributed by atoms with Crippen molar-refractivity contribution in [3.05, 3.63) is 33.7 Å². The van der Waals surface area contributed by atoms with Crippen molar-refractivity contribution in [2.75, 3.05) is 6.61 Å². The summed E-state index contributed by atoms with van der Waals surface area (Å²) >= 11 is 1.57. The maximum atomic E-state index is 12.7. The number of carbonyl (C=O) groups is 1. The highest BCUT2D eigenvalue weighted by Gasteiger charge is 2.22. The molecule has 3 aromatic heterocycles. The first-order valence-corrected chi connectivity index (χ1v) is 8.13. The number of nitrogens with zero attached hydrogens (tertiary/aromatic N) is 3. The van der Waals surface area contributed by atoms with E-state index in [4.69, 9.17) is 4.74 Å². The maximum absolute atomic E-state index is 12.7. The van der Waals surface area contributed by atoms with Crippen LogP contribution in [0, 0.1) is 0 Å². The summed E-state index contributed by atoms with van der Waals surface area (Å²) in [6.45, 7) is 5.63. The summed E-state index contributed by atoms with van der Waals surface area (Å²) in [4.78, 5) is 25.6. The number of aromatic nitrogens is 3. The number of ether oxygens (including phenoxy) is 1. The Kier molecular flexibility index (Phi) is 3.74. The van der Waals surface area contributed by atoms with Crippen molar-refractivity contribution in [2.45, 2.75) is 33.2 Å². The van der Waals surface area contributed by atoms with Crippen LogP contribution in [0.25, 0.3) is 15.7 Å². The van der Waals surface area contributed by atoms with Crippen LogP contribution in [0.4, 0.5) is 0 Å². The van der Waals surface area contributed by atoms with Crippen molar-refractivity contribution in [2.24, 2.45) is 0 Å². The van der Waals surface area contributed by atoms with Gasteiger partial charge in [0.25, 0.3) is 5.56 Å². The summed E-state index contributed by atoms with van der Waals surface area (Å²) in [6, 6.07) is 3.09. The largest absolute Gasteiger partial charge is 0.464 e. The summed E-state index contributed by atoms with van der Waals surface area (Å²) in [5.41, 5.74) is 0.269. The van der Waals surface area contributed by atoms with Gasteiger partial charge in [0.15, 0.2) is 6.04 Å². The average molecular weight is 319 g/mol. The van der Waals surface area contributed by atoms with E-state index in [1.807, 2.05) is 28.8 Å². The first-order chi connectivity index (χ1) is 10.6. The van der Waals surface area contributed by atoms with E-state index in [1.165, 1.54) is 4.68 Å². The summed E-state index contributed by atoms with van der Waals surface area (Å²) < 4.78 is 8.12. The number of carbonyl (C=O) groups excluding carboxylic acids is 1. The van der Waals surface area contributed by atoms with Crippen LogP contribution in [0.2, 0.25) is 0 Å². The Labute approximate surface area is 130 Å². The Bertz CT molecular complexity index is 906. The monoisotopic (exact) mass is 319 g/mol. The third kappa shape index (κ3) is 2.12. The lowest BCUT2D eigenvalue weighted by Gasteiger charge is -2.14. The van der Waals surface area contributed by atoms with Gasteiger partial charge in [0, 0.05) is 11.8 Å². The predicted octanol–water partition coefficient (Wildman–Crippen LogP) is 2.40. The molecule has 3 heterocycles. The lowest BCUT2D eigenvalue weighted by atomic mass is 10.3. The predicted molar refractivity (Wildman–Crippen MR) is 85.6 cm³/mol. The maximum Gasteiger partial charge on any atom is 0.330 e. The zero-order valence-electron chi connectivity index (χ0n) is 12.7. The second kappa shape index (κ2) is 5.57. The molecule has 0 fully saturated rings. The average Bonchev–Trinajstić information content (AvgIpc) is 3.09. The van der Waals surface area contributed by atoms with Gasteiger partial charge in [-0.25, -0.2) is 9.48 Å². The molecule has 0 N–H and O–H groups in total. The zero-order valence-corrected chi connectivity index (χ0v) is 13.5. The van der Waals surface area contributed by atoms with E-state index in [9.17, 15) is 9.59 Å². The molecule has 0 aromatic carbocycles. The minimum atomic E-state index is -0.740. The summed E-state index contributed by atoms with van der Waals surface area (Å²) in [5.74, 6) is 0.306. The van der Waals surface area contributed by atoms with Crippen LogP contribution in [-0.4, -0.2) is 26.8 Å². The van der Waals surface area contributed by atoms with Crippen LogP contribution in [0.3, 0.4) is 0 Å². The fourth-order valence-electron chi connectivity index (χ4n) is 2.52. The van der Waals surface area contributed by atoms with Crippen molar-refractivity contribution < 1.29 is 9.53 Å². The molecule has 1 atom stereocenters. The first kappa shape index (κ1) is 14.8. The third-order valence-corrected chi connectivity index (χ3v) is 4.54. The highest BCUT2D eigenvalue weighted by Crippen LogP contribution is 2.25. The molecule has 0 saturated carbocycles. The molecule has 6 nitrogen and oxygen atoms in total. The van der Waals surface area contributed by atoms with Gasteiger partial charge in [0.2, 0.25) is 0 Å². The summed E-state index contributed by atoms with van der Waals surface area (Å²) in [7, 11) is 0. The standard InChI is InChI=1S/C15H17N3O3S/c1-4-12-16-18(9(3)15(20)21-5-2)13(19)11-8-10-6-7-22-14(10)17(11)12/h6-9H,4-5H2,1-3H3. The topological polar surface area (TPSA) is 65.6 Å². The molecule has 22 heavy (non-hydrogen) atoms. The fraction of sp³-hybridized carbons (Fsp3) is 0.400. The third-order valence-electron chi connectivity index (χ3n) is 3.63. The number of aryl methyl sites for hydroxylation is 1. The molecule has 116 valence electrons. The molecule has 0 bridgehead atoms. The Morgan fingerprint density at radius 1 is 1.45 bits per heavy atom. The molecular formula is C15H17N3O3S. The second-order valence-corrected chi connectivity index (χ2v) is 5.89. The van der Waals surface area contributed by atoms with Crippen LogP contribution in [-0.2, 0) is 16.0 Å². The second-order valence-electron chi connectivity index (χ2n) is 4.99. The Hall–Kier alpha value is -2.15. The number of hydrogen-bond acceptors (Lipinski definition) is 5. The Morgan fingerprint density at radius 2 is 2.23 bits per heavy atom. The van der Waals surface area contributed by atoms with E-state index in [2.05, 4.69) is 5.10 Å². The van der Waals surface area contributed by atoms with Gasteiger partial charge in [-0.2, -0.15) is 5.10 Å². The summed E-state index contributed by atoms with van der Waals surface area (Å²) in [5, 5.41) is 7.40. The molecule has 7 heteroatoms. The molecule has 0 aliphatic carbocycles. The molecule has 0 saturated heterocycles. The van der Waals surface area contributed by atoms with Gasteiger partial charge >= 0.3 is 5.97 Å². The van der Waals surface area contributed by atoms with Gasteiger partial charge in [-0.1, -0.05) is 6.92 Å². The van der Waals surface area contributed by atoms with Crippen molar-refractivity contribution >= 4 is 33.0 Å². The molecule has 1 unspecified atom stereocenters. The molecular weight excluding hydrogens is 302 g/mol. The van der Waals surface area contributed by atoms with Crippen LogP contribution < -0.4 is 5.56 Å². The normalized spacial score (nSPS) is 12.9. The minimum absolute atomic E-state index is 0.277. The van der Waals surface area contributed by atoms with Crippen molar-refractivity contribution in [1.29, 1.82) is 0 Å². The van der Waals surface area contributed by atoms with Crippen LogP contribution in [0.1, 0.15) is 32.6 Å². The van der Waals surface area contributed by atoms with Crippen LogP contribution in [0.5, 0.6) is 0 Å². The number of hydrogen-bond donors (Lipinski definition) is 0. The smallest absolute Gasteiger partial charge is 0.330 e. The lowest BCUT2D eigenvalue weighted by molar-refractivity contribution is -0.147. The summed E-state index contributed by atoms with van der Waals surface area (Å²) in [6.07, 6.45) is 0.661. The molecule has 0 amide bonds. The fourth-order valence-corrected chi connectivity index (χ4v) is 3.44.